The highest BCUT2D eigenvalue weighted by Crippen LogP contribution is 2.65. The van der Waals surface area contributed by atoms with Gasteiger partial charge in [0.15, 0.2) is 11.5 Å². The number of carbonyl (C=O) groups excluding carboxylic acids is 4. The first-order valence-corrected chi connectivity index (χ1v) is 30.4. The van der Waals surface area contributed by atoms with Gasteiger partial charge in [0.05, 0.1) is 30.8 Å². The lowest BCUT2D eigenvalue weighted by Crippen LogP contribution is -2.59. The number of fused-ring (bicyclic) bond motifs is 1. The van der Waals surface area contributed by atoms with Crippen LogP contribution in [0.5, 0.6) is 0 Å². The van der Waals surface area contributed by atoms with Gasteiger partial charge >= 0.3 is 5.97 Å². The maximum absolute atomic E-state index is 15.0. The number of hydrogen-bond donors (Lipinski definition) is 2. The third-order valence-electron chi connectivity index (χ3n) is 18.2. The molecule has 0 aliphatic heterocycles. The third-order valence-corrected chi connectivity index (χ3v) is 18.2. The Morgan fingerprint density at radius 2 is 1.38 bits per heavy atom. The molecule has 4 aliphatic rings. The lowest BCUT2D eigenvalue weighted by atomic mass is 9.51. The molecule has 0 bridgehead atoms. The molecule has 0 saturated heterocycles. The molecule has 8 atom stereocenters. The molecule has 8 heteroatoms. The van der Waals surface area contributed by atoms with Gasteiger partial charge in [0.2, 0.25) is 5.78 Å². The number of hydrogen-bond acceptors (Lipinski definition) is 8. The Bertz CT molecular complexity index is 1940. The van der Waals surface area contributed by atoms with Crippen molar-refractivity contribution in [2.75, 3.05) is 13.7 Å². The zero-order valence-electron chi connectivity index (χ0n) is 48.3. The van der Waals surface area contributed by atoms with Crippen molar-refractivity contribution in [1.82, 2.24) is 0 Å². The molecule has 4 aliphatic carbocycles. The van der Waals surface area contributed by atoms with Crippen molar-refractivity contribution in [1.29, 1.82) is 0 Å². The van der Waals surface area contributed by atoms with E-state index in [1.54, 1.807) is 0 Å². The van der Waals surface area contributed by atoms with Crippen molar-refractivity contribution < 1.29 is 38.9 Å². The average molecular weight is 1030 g/mol. The maximum atomic E-state index is 15.0. The Kier molecular flexibility index (Phi) is 28.2. The van der Waals surface area contributed by atoms with E-state index >= 15 is 4.79 Å². The summed E-state index contributed by atoms with van der Waals surface area (Å²) in [6, 6.07) is 0. The zero-order chi connectivity index (χ0) is 54.0. The standard InChI is InChI=1S/C66H106O8/c1-9-11-13-15-17-19-21-22-24-26-28-30-32-41-65-54(45-51(5)36-33-35-50(3)4)46-53(47-58(65)59(68)48-60(73-8)63(65)71)56-40-43-66(62(56)70)57(55(52(6)49-67)39-42-64(66,7)72)37-34-44-74-61(69)38-31-29-27-25-23-20-18-16-14-12-10-2/h15,17,35,45-46,48-49,54,56-58,62,70,72H,9-14,16,18-34,36-44,47H2,1-8H3. The molecule has 0 aromatic carbocycles. The van der Waals surface area contributed by atoms with Crippen LogP contribution in [-0.4, -0.2) is 59.5 Å². The van der Waals surface area contributed by atoms with Crippen molar-refractivity contribution in [3.63, 3.8) is 0 Å². The van der Waals surface area contributed by atoms with Gasteiger partial charge < -0.3 is 19.7 Å². The number of unbranched alkanes of at least 4 members (excludes halogenated alkanes) is 19. The van der Waals surface area contributed by atoms with Crippen molar-refractivity contribution in [3.8, 4) is 0 Å². The molecule has 8 nitrogen and oxygen atoms in total. The van der Waals surface area contributed by atoms with Crippen LogP contribution in [0.25, 0.3) is 0 Å². The highest BCUT2D eigenvalue weighted by atomic mass is 16.5. The molecule has 1 spiro atoms. The molecule has 0 aromatic heterocycles. The van der Waals surface area contributed by atoms with Crippen LogP contribution in [0.4, 0.5) is 0 Å². The minimum absolute atomic E-state index is 0.0917. The number of ether oxygens (including phenoxy) is 2. The van der Waals surface area contributed by atoms with Crippen LogP contribution in [0.2, 0.25) is 0 Å². The number of ketones is 2. The predicted molar refractivity (Wildman–Crippen MR) is 304 cm³/mol. The number of carbonyl (C=O) groups is 4. The van der Waals surface area contributed by atoms with Gasteiger partial charge in [-0.25, -0.2) is 0 Å². The van der Waals surface area contributed by atoms with Gasteiger partial charge in [0, 0.05) is 35.7 Å². The van der Waals surface area contributed by atoms with Crippen LogP contribution in [0.1, 0.15) is 260 Å². The highest BCUT2D eigenvalue weighted by Gasteiger charge is 2.65. The molecule has 4 rings (SSSR count). The maximum Gasteiger partial charge on any atom is 0.305 e. The largest absolute Gasteiger partial charge is 0.493 e. The van der Waals surface area contributed by atoms with Gasteiger partial charge in [0.1, 0.15) is 6.29 Å². The van der Waals surface area contributed by atoms with Crippen molar-refractivity contribution in [2.24, 2.45) is 34.5 Å². The average Bonchev–Trinajstić information content (AvgIpc) is 3.72. The van der Waals surface area contributed by atoms with E-state index < -0.39 is 28.5 Å². The van der Waals surface area contributed by atoms with Gasteiger partial charge in [-0.1, -0.05) is 182 Å². The van der Waals surface area contributed by atoms with Gasteiger partial charge in [-0.15, -0.1) is 0 Å². The fourth-order valence-electron chi connectivity index (χ4n) is 13.8. The number of Topliss-reactive ketones (excluding diaryl/α,β-unsaturated/α-hetero) is 1. The normalized spacial score (nSPS) is 27.8. The van der Waals surface area contributed by atoms with Crippen molar-refractivity contribution in [3.05, 3.63) is 70.1 Å². The monoisotopic (exact) mass is 1030 g/mol. The van der Waals surface area contributed by atoms with E-state index in [0.29, 0.717) is 63.4 Å². The minimum atomic E-state index is -1.25. The summed E-state index contributed by atoms with van der Waals surface area (Å²) in [4.78, 5) is 55.1. The van der Waals surface area contributed by atoms with E-state index in [0.717, 1.165) is 87.2 Å². The van der Waals surface area contributed by atoms with Gasteiger partial charge in [-0.3, -0.25) is 19.2 Å². The molecule has 0 radical (unpaired) electrons. The van der Waals surface area contributed by atoms with Gasteiger partial charge in [-0.05, 0) is 136 Å². The number of aliphatic hydroxyl groups excluding tert-OH is 1. The van der Waals surface area contributed by atoms with Crippen LogP contribution < -0.4 is 0 Å². The van der Waals surface area contributed by atoms with Crippen molar-refractivity contribution in [2.45, 2.75) is 272 Å². The second-order valence-corrected chi connectivity index (χ2v) is 23.9. The molecule has 0 aromatic rings. The fraction of sp³-hybridized carbons (Fsp3) is 0.758. The van der Waals surface area contributed by atoms with Crippen LogP contribution in [0.3, 0.4) is 0 Å². The fourth-order valence-corrected chi connectivity index (χ4v) is 13.8. The highest BCUT2D eigenvalue weighted by molar-refractivity contribution is 6.12. The molecule has 74 heavy (non-hydrogen) atoms. The smallest absolute Gasteiger partial charge is 0.305 e. The van der Waals surface area contributed by atoms with E-state index in [1.165, 1.54) is 109 Å². The van der Waals surface area contributed by atoms with Gasteiger partial charge in [-0.2, -0.15) is 0 Å². The minimum Gasteiger partial charge on any atom is -0.493 e. The molecule has 2 N–H and O–H groups in total. The summed E-state index contributed by atoms with van der Waals surface area (Å²) in [7, 11) is 1.49. The summed E-state index contributed by atoms with van der Waals surface area (Å²) in [5.74, 6) is -1.89. The summed E-state index contributed by atoms with van der Waals surface area (Å²) >= 11 is 0. The third kappa shape index (κ3) is 17.6. The summed E-state index contributed by atoms with van der Waals surface area (Å²) in [6.07, 6.45) is 44.9. The van der Waals surface area contributed by atoms with Crippen LogP contribution in [-0.2, 0) is 28.7 Å². The Labute approximate surface area is 451 Å². The first kappa shape index (κ1) is 63.2. The quantitative estimate of drug-likeness (QED) is 0.0209. The topological polar surface area (TPSA) is 127 Å². The number of aliphatic hydroxyl groups is 2. The molecule has 418 valence electrons. The van der Waals surface area contributed by atoms with E-state index in [-0.39, 0.29) is 47.7 Å². The number of allylic oxidation sites excluding steroid dienone is 11. The lowest BCUT2D eigenvalue weighted by Gasteiger charge is -2.56. The molecular weight excluding hydrogens is 921 g/mol. The summed E-state index contributed by atoms with van der Waals surface area (Å²) in [5.41, 5.74) is 1.79. The van der Waals surface area contributed by atoms with Crippen LogP contribution in [0.15, 0.2) is 70.1 Å². The SMILES string of the molecule is CCCCC=CCCCCCCCCCC12C(=O)C(OC)=CC(=O)C1CC(C1CCC3(C(CCCOC(=O)CCCCCCCCCCCCC)C(=C(C)C=O)CCC3(C)O)C1O)=CC2C=C(C)CCC=C(C)C. The molecule has 2 fully saturated rings. The second-order valence-electron chi connectivity index (χ2n) is 23.9. The Balaban J connectivity index is 1.54. The van der Waals surface area contributed by atoms with E-state index in [4.69, 9.17) is 9.47 Å². The summed E-state index contributed by atoms with van der Waals surface area (Å²) in [5, 5.41) is 25.7. The molecule has 8 unspecified atom stereocenters. The number of aldehydes is 1. The Morgan fingerprint density at radius 3 is 2.00 bits per heavy atom. The molecular formula is C66H106O8. The lowest BCUT2D eigenvalue weighted by molar-refractivity contribution is -0.168. The van der Waals surface area contributed by atoms with Crippen molar-refractivity contribution >= 4 is 23.8 Å². The predicted octanol–water partition coefficient (Wildman–Crippen LogP) is 16.6. The molecule has 0 heterocycles. The zero-order valence-corrected chi connectivity index (χ0v) is 48.3. The number of methoxy groups -OCH3 is 1. The number of esters is 1. The second kappa shape index (κ2) is 33.0. The van der Waals surface area contributed by atoms with E-state index in [2.05, 4.69) is 65.0 Å². The first-order valence-electron chi connectivity index (χ1n) is 30.4. The number of rotatable bonds is 36. The Hall–Kier alpha value is -3.36. The molecule has 2 saturated carbocycles. The summed E-state index contributed by atoms with van der Waals surface area (Å²) in [6.45, 7) is 14.8. The summed E-state index contributed by atoms with van der Waals surface area (Å²) < 4.78 is 11.5. The Morgan fingerprint density at radius 1 is 0.770 bits per heavy atom. The van der Waals surface area contributed by atoms with E-state index in [1.807, 2.05) is 13.8 Å². The first-order chi connectivity index (χ1) is 35.6. The van der Waals surface area contributed by atoms with E-state index in [9.17, 15) is 24.6 Å². The van der Waals surface area contributed by atoms with Crippen LogP contribution in [0, 0.1) is 34.5 Å². The molecule has 0 amide bonds. The van der Waals surface area contributed by atoms with Crippen LogP contribution >= 0.6 is 0 Å². The van der Waals surface area contributed by atoms with Gasteiger partial charge in [0.25, 0.3) is 0 Å².